The van der Waals surface area contributed by atoms with Crippen molar-refractivity contribution < 1.29 is 19.5 Å². The number of hydrazone groups is 1. The minimum atomic E-state index is -1.25. The van der Waals surface area contributed by atoms with Gasteiger partial charge in [0.05, 0.1) is 12.2 Å². The van der Waals surface area contributed by atoms with E-state index >= 15 is 0 Å². The Morgan fingerprint density at radius 3 is 2.17 bits per heavy atom. The second-order valence-corrected chi connectivity index (χ2v) is 7.15. The predicted molar refractivity (Wildman–Crippen MR) is 107 cm³/mol. The van der Waals surface area contributed by atoms with Crippen molar-refractivity contribution in [2.24, 2.45) is 11.0 Å². The number of benzene rings is 2. The number of rotatable bonds is 5. The van der Waals surface area contributed by atoms with Crippen molar-refractivity contribution in [2.45, 2.75) is 12.8 Å². The zero-order valence-corrected chi connectivity index (χ0v) is 16.3. The maximum absolute atomic E-state index is 12.5. The molecule has 150 valence electrons. The van der Waals surface area contributed by atoms with E-state index in [9.17, 15) is 19.5 Å². The average molecular weight is 413 g/mol. The molecule has 8 heteroatoms. The first-order valence-electron chi connectivity index (χ1n) is 9.13. The molecule has 0 unspecified atom stereocenters. The van der Waals surface area contributed by atoms with Gasteiger partial charge in [-0.25, -0.2) is 5.43 Å². The van der Waals surface area contributed by atoms with Crippen LogP contribution in [0.1, 0.15) is 39.1 Å². The summed E-state index contributed by atoms with van der Waals surface area (Å²) in [5.41, 5.74) is 3.81. The zero-order chi connectivity index (χ0) is 20.8. The van der Waals surface area contributed by atoms with Crippen LogP contribution in [0, 0.1) is 5.92 Å². The highest BCUT2D eigenvalue weighted by Crippen LogP contribution is 2.20. The third-order valence-electron chi connectivity index (χ3n) is 4.78. The summed E-state index contributed by atoms with van der Waals surface area (Å²) < 4.78 is 0. The SMILES string of the molecule is O=C([O-])c1ccc(/C=N\NC(=O)C2CCN(C(=O)c3ccc(Cl)cc3)CC2)cc1. The van der Waals surface area contributed by atoms with Crippen LogP contribution in [0.2, 0.25) is 5.02 Å². The molecule has 29 heavy (non-hydrogen) atoms. The van der Waals surface area contributed by atoms with Gasteiger partial charge in [0.15, 0.2) is 0 Å². The Kier molecular flexibility index (Phi) is 6.61. The number of piperidine rings is 1. The summed E-state index contributed by atoms with van der Waals surface area (Å²) in [4.78, 5) is 37.2. The minimum Gasteiger partial charge on any atom is -0.545 e. The Bertz CT molecular complexity index is 918. The van der Waals surface area contributed by atoms with Crippen molar-refractivity contribution in [3.8, 4) is 0 Å². The van der Waals surface area contributed by atoms with Crippen LogP contribution in [0.4, 0.5) is 0 Å². The molecule has 0 aliphatic carbocycles. The molecule has 0 spiro atoms. The first-order chi connectivity index (χ1) is 13.9. The summed E-state index contributed by atoms with van der Waals surface area (Å²) in [6.07, 6.45) is 2.55. The summed E-state index contributed by atoms with van der Waals surface area (Å²) in [5, 5.41) is 15.2. The molecule has 1 aliphatic heterocycles. The van der Waals surface area contributed by atoms with Gasteiger partial charge in [0.25, 0.3) is 5.91 Å². The molecule has 2 amide bonds. The highest BCUT2D eigenvalue weighted by molar-refractivity contribution is 6.30. The number of hydrogen-bond acceptors (Lipinski definition) is 5. The van der Waals surface area contributed by atoms with Crippen molar-refractivity contribution >= 4 is 35.6 Å². The lowest BCUT2D eigenvalue weighted by Gasteiger charge is -2.31. The van der Waals surface area contributed by atoms with Gasteiger partial charge < -0.3 is 14.8 Å². The molecule has 3 rings (SSSR count). The normalized spacial score (nSPS) is 14.7. The number of halogens is 1. The smallest absolute Gasteiger partial charge is 0.253 e. The lowest BCUT2D eigenvalue weighted by Crippen LogP contribution is -2.42. The van der Waals surface area contributed by atoms with Crippen LogP contribution >= 0.6 is 11.6 Å². The fourth-order valence-corrected chi connectivity index (χ4v) is 3.21. The quantitative estimate of drug-likeness (QED) is 0.596. The fraction of sp³-hybridized carbons (Fsp3) is 0.238. The van der Waals surface area contributed by atoms with E-state index in [1.54, 1.807) is 41.3 Å². The summed E-state index contributed by atoms with van der Waals surface area (Å²) in [6, 6.07) is 12.7. The number of nitrogens with one attached hydrogen (secondary N) is 1. The monoisotopic (exact) mass is 412 g/mol. The molecule has 0 saturated carbocycles. The second kappa shape index (κ2) is 9.34. The lowest BCUT2D eigenvalue weighted by molar-refractivity contribution is -0.255. The first-order valence-corrected chi connectivity index (χ1v) is 9.51. The van der Waals surface area contributed by atoms with Crippen LogP contribution in [0.25, 0.3) is 0 Å². The number of hydrogen-bond donors (Lipinski definition) is 1. The molecule has 0 aromatic heterocycles. The largest absolute Gasteiger partial charge is 0.545 e. The molecule has 1 fully saturated rings. The van der Waals surface area contributed by atoms with E-state index in [-0.39, 0.29) is 23.3 Å². The van der Waals surface area contributed by atoms with Gasteiger partial charge in [0.1, 0.15) is 0 Å². The van der Waals surface area contributed by atoms with E-state index in [4.69, 9.17) is 11.6 Å². The van der Waals surface area contributed by atoms with Crippen molar-refractivity contribution in [3.05, 3.63) is 70.2 Å². The van der Waals surface area contributed by atoms with Gasteiger partial charge in [0, 0.05) is 29.6 Å². The van der Waals surface area contributed by atoms with Gasteiger partial charge in [-0.1, -0.05) is 35.9 Å². The highest BCUT2D eigenvalue weighted by atomic mass is 35.5. The Labute approximate surface area is 173 Å². The number of carboxylic acids is 1. The van der Waals surface area contributed by atoms with Gasteiger partial charge in [-0.15, -0.1) is 0 Å². The molecule has 1 aliphatic rings. The molecule has 0 bridgehead atoms. The molecule has 1 N–H and O–H groups in total. The van der Waals surface area contributed by atoms with Crippen LogP contribution in [0.15, 0.2) is 53.6 Å². The molecular formula is C21H19ClN3O4-. The van der Waals surface area contributed by atoms with Crippen LogP contribution in [-0.4, -0.2) is 42.0 Å². The molecule has 1 heterocycles. The third kappa shape index (κ3) is 5.42. The average Bonchev–Trinajstić information content (AvgIpc) is 2.74. The minimum absolute atomic E-state index is 0.0708. The zero-order valence-electron chi connectivity index (χ0n) is 15.5. The van der Waals surface area contributed by atoms with E-state index in [1.165, 1.54) is 18.3 Å². The summed E-state index contributed by atoms with van der Waals surface area (Å²) in [6.45, 7) is 0.988. The van der Waals surface area contributed by atoms with Crippen molar-refractivity contribution in [3.63, 3.8) is 0 Å². The van der Waals surface area contributed by atoms with Crippen LogP contribution in [0.3, 0.4) is 0 Å². The van der Waals surface area contributed by atoms with E-state index < -0.39 is 5.97 Å². The fourth-order valence-electron chi connectivity index (χ4n) is 3.09. The number of carboxylic acid groups (broad SMARTS) is 1. The number of amides is 2. The molecule has 2 aromatic rings. The van der Waals surface area contributed by atoms with Crippen LogP contribution < -0.4 is 10.5 Å². The Balaban J connectivity index is 1.47. The molecule has 0 atom stereocenters. The predicted octanol–water partition coefficient (Wildman–Crippen LogP) is 1.71. The molecular weight excluding hydrogens is 394 g/mol. The van der Waals surface area contributed by atoms with Crippen molar-refractivity contribution in [1.82, 2.24) is 10.3 Å². The van der Waals surface area contributed by atoms with E-state index in [2.05, 4.69) is 10.5 Å². The molecule has 1 saturated heterocycles. The van der Waals surface area contributed by atoms with Crippen molar-refractivity contribution in [1.29, 1.82) is 0 Å². The second-order valence-electron chi connectivity index (χ2n) is 6.72. The van der Waals surface area contributed by atoms with Crippen LogP contribution in [-0.2, 0) is 4.79 Å². The van der Waals surface area contributed by atoms with Gasteiger partial charge in [-0.05, 0) is 48.2 Å². The molecule has 2 aromatic carbocycles. The Morgan fingerprint density at radius 1 is 1.00 bits per heavy atom. The van der Waals surface area contributed by atoms with Gasteiger partial charge in [0.2, 0.25) is 5.91 Å². The van der Waals surface area contributed by atoms with Gasteiger partial charge in [-0.3, -0.25) is 9.59 Å². The van der Waals surface area contributed by atoms with Gasteiger partial charge in [-0.2, -0.15) is 5.10 Å². The lowest BCUT2D eigenvalue weighted by atomic mass is 9.95. The number of likely N-dealkylation sites (tertiary alicyclic amines) is 1. The summed E-state index contributed by atoms with van der Waals surface area (Å²) in [5.74, 6) is -1.74. The van der Waals surface area contributed by atoms with Crippen LogP contribution in [0.5, 0.6) is 0 Å². The van der Waals surface area contributed by atoms with Crippen molar-refractivity contribution in [2.75, 3.05) is 13.1 Å². The number of aromatic carboxylic acids is 1. The maximum Gasteiger partial charge on any atom is 0.253 e. The summed E-state index contributed by atoms with van der Waals surface area (Å²) in [7, 11) is 0. The van der Waals surface area contributed by atoms with E-state index in [1.807, 2.05) is 0 Å². The first kappa shape index (κ1) is 20.5. The number of nitrogens with zero attached hydrogens (tertiary/aromatic N) is 2. The topological polar surface area (TPSA) is 102 Å². The van der Waals surface area contributed by atoms with E-state index in [0.717, 1.165) is 0 Å². The third-order valence-corrected chi connectivity index (χ3v) is 5.03. The Morgan fingerprint density at radius 2 is 1.59 bits per heavy atom. The molecule has 7 nitrogen and oxygen atoms in total. The Hall–Kier alpha value is -3.19. The standard InChI is InChI=1S/C21H20ClN3O4/c22-18-7-5-16(6-8-18)20(27)25-11-9-15(10-12-25)19(26)24-23-13-14-1-3-17(4-2-14)21(28)29/h1-8,13,15H,9-12H2,(H,24,26)(H,28,29)/p-1/b23-13-. The van der Waals surface area contributed by atoms with E-state index in [0.29, 0.717) is 42.1 Å². The molecule has 0 radical (unpaired) electrons. The number of carbonyl (C=O) groups excluding carboxylic acids is 3. The number of carbonyl (C=O) groups is 3. The van der Waals surface area contributed by atoms with Gasteiger partial charge >= 0.3 is 0 Å². The highest BCUT2D eigenvalue weighted by Gasteiger charge is 2.27. The maximum atomic E-state index is 12.5. The summed E-state index contributed by atoms with van der Waals surface area (Å²) >= 11 is 5.85.